The number of nitrogens with zero attached hydrogens (tertiary/aromatic N) is 1. The van der Waals surface area contributed by atoms with Gasteiger partial charge in [0.2, 0.25) is 0 Å². The van der Waals surface area contributed by atoms with Crippen molar-refractivity contribution in [1.29, 1.82) is 0 Å². The van der Waals surface area contributed by atoms with Crippen molar-refractivity contribution in [2.24, 2.45) is 5.92 Å². The first-order chi connectivity index (χ1) is 10.8. The molecule has 0 aromatic heterocycles. The second-order valence-corrected chi connectivity index (χ2v) is 6.38. The molecule has 22 heavy (non-hydrogen) atoms. The Hall–Kier alpha value is -1.26. The Balaban J connectivity index is 1.93. The Kier molecular flexibility index (Phi) is 5.21. The van der Waals surface area contributed by atoms with E-state index in [4.69, 9.17) is 9.47 Å². The van der Waals surface area contributed by atoms with E-state index in [1.165, 1.54) is 31.2 Å². The van der Waals surface area contributed by atoms with E-state index in [0.717, 1.165) is 43.6 Å². The van der Waals surface area contributed by atoms with Crippen molar-refractivity contribution < 1.29 is 9.47 Å². The Labute approximate surface area is 133 Å². The number of ether oxygens (including phenoxy) is 2. The maximum Gasteiger partial charge on any atom is 0.127 e. The van der Waals surface area contributed by atoms with Crippen LogP contribution in [0.5, 0.6) is 11.5 Å². The van der Waals surface area contributed by atoms with Gasteiger partial charge in [-0.05, 0) is 24.8 Å². The molecule has 0 spiro atoms. The monoisotopic (exact) mass is 304 g/mol. The summed E-state index contributed by atoms with van der Waals surface area (Å²) in [6.45, 7) is 4.41. The highest BCUT2D eigenvalue weighted by molar-refractivity contribution is 5.43. The van der Waals surface area contributed by atoms with Crippen LogP contribution in [0.1, 0.15) is 37.3 Å². The van der Waals surface area contributed by atoms with Gasteiger partial charge in [0, 0.05) is 43.9 Å². The number of hydrogen-bond donors (Lipinski definition) is 1. The normalized spacial score (nSPS) is 21.7. The standard InChI is InChI=1S/C18H28N2O2/c1-21-15-7-8-16(17(13-15)22-2)18(14-5-3-4-6-14)20-11-9-19-10-12-20/h7-8,13-14,18-19H,3-6,9-12H2,1-2H3/t18-/m1/s1. The second-order valence-electron chi connectivity index (χ2n) is 6.38. The largest absolute Gasteiger partial charge is 0.497 e. The number of hydrogen-bond acceptors (Lipinski definition) is 4. The highest BCUT2D eigenvalue weighted by atomic mass is 16.5. The lowest BCUT2D eigenvalue weighted by Gasteiger charge is -2.39. The van der Waals surface area contributed by atoms with Crippen LogP contribution in [-0.4, -0.2) is 45.3 Å². The molecule has 2 fully saturated rings. The summed E-state index contributed by atoms with van der Waals surface area (Å²) in [6.07, 6.45) is 5.41. The molecule has 0 unspecified atom stereocenters. The predicted octanol–water partition coefficient (Wildman–Crippen LogP) is 2.84. The van der Waals surface area contributed by atoms with Crippen LogP contribution >= 0.6 is 0 Å². The van der Waals surface area contributed by atoms with Crippen molar-refractivity contribution in [1.82, 2.24) is 10.2 Å². The summed E-state index contributed by atoms with van der Waals surface area (Å²) in [7, 11) is 3.47. The fourth-order valence-corrected chi connectivity index (χ4v) is 4.04. The van der Waals surface area contributed by atoms with Gasteiger partial charge in [0.05, 0.1) is 14.2 Å². The zero-order chi connectivity index (χ0) is 15.4. The van der Waals surface area contributed by atoms with Crippen LogP contribution in [-0.2, 0) is 0 Å². The van der Waals surface area contributed by atoms with Crippen molar-refractivity contribution in [3.8, 4) is 11.5 Å². The minimum atomic E-state index is 0.477. The SMILES string of the molecule is COc1ccc([C@@H](C2CCCC2)N2CCNCC2)c(OC)c1. The van der Waals surface area contributed by atoms with Crippen molar-refractivity contribution in [3.63, 3.8) is 0 Å². The Morgan fingerprint density at radius 2 is 1.82 bits per heavy atom. The second kappa shape index (κ2) is 7.34. The van der Waals surface area contributed by atoms with E-state index in [2.05, 4.69) is 22.3 Å². The first kappa shape index (κ1) is 15.6. The molecule has 1 aliphatic heterocycles. The van der Waals surface area contributed by atoms with Crippen LogP contribution < -0.4 is 14.8 Å². The topological polar surface area (TPSA) is 33.7 Å². The Bertz CT molecular complexity index is 480. The van der Waals surface area contributed by atoms with Crippen molar-refractivity contribution in [2.45, 2.75) is 31.7 Å². The maximum atomic E-state index is 5.70. The summed E-state index contributed by atoms with van der Waals surface area (Å²) < 4.78 is 11.1. The summed E-state index contributed by atoms with van der Waals surface area (Å²) in [5, 5.41) is 3.47. The number of benzene rings is 1. The van der Waals surface area contributed by atoms with Gasteiger partial charge in [-0.1, -0.05) is 18.9 Å². The van der Waals surface area contributed by atoms with Crippen LogP contribution in [0.4, 0.5) is 0 Å². The molecule has 4 heteroatoms. The molecule has 1 heterocycles. The van der Waals surface area contributed by atoms with Gasteiger partial charge >= 0.3 is 0 Å². The molecule has 1 saturated heterocycles. The van der Waals surface area contributed by atoms with Gasteiger partial charge in [-0.25, -0.2) is 0 Å². The summed E-state index contributed by atoms with van der Waals surface area (Å²) in [4.78, 5) is 2.65. The Morgan fingerprint density at radius 1 is 1.09 bits per heavy atom. The highest BCUT2D eigenvalue weighted by Crippen LogP contribution is 2.43. The molecular formula is C18H28N2O2. The smallest absolute Gasteiger partial charge is 0.127 e. The summed E-state index contributed by atoms with van der Waals surface area (Å²) in [5.74, 6) is 2.58. The molecule has 1 aromatic carbocycles. The fourth-order valence-electron chi connectivity index (χ4n) is 4.04. The molecule has 0 radical (unpaired) electrons. The molecule has 1 aliphatic carbocycles. The van der Waals surface area contributed by atoms with Gasteiger partial charge in [-0.2, -0.15) is 0 Å². The molecule has 3 rings (SSSR count). The molecular weight excluding hydrogens is 276 g/mol. The fraction of sp³-hybridized carbons (Fsp3) is 0.667. The quantitative estimate of drug-likeness (QED) is 0.907. The van der Waals surface area contributed by atoms with Crippen molar-refractivity contribution in [2.75, 3.05) is 40.4 Å². The average molecular weight is 304 g/mol. The van der Waals surface area contributed by atoms with E-state index in [-0.39, 0.29) is 0 Å². The van der Waals surface area contributed by atoms with Crippen molar-refractivity contribution in [3.05, 3.63) is 23.8 Å². The van der Waals surface area contributed by atoms with E-state index >= 15 is 0 Å². The molecule has 0 amide bonds. The van der Waals surface area contributed by atoms with Gasteiger partial charge < -0.3 is 14.8 Å². The van der Waals surface area contributed by atoms with E-state index < -0.39 is 0 Å². The molecule has 1 atom stereocenters. The maximum absolute atomic E-state index is 5.70. The lowest BCUT2D eigenvalue weighted by atomic mass is 9.89. The summed E-state index contributed by atoms with van der Waals surface area (Å²) >= 11 is 0. The molecule has 1 aromatic rings. The van der Waals surface area contributed by atoms with Gasteiger partial charge in [-0.15, -0.1) is 0 Å². The molecule has 1 saturated carbocycles. The third kappa shape index (κ3) is 3.23. The molecule has 2 aliphatic rings. The van der Waals surface area contributed by atoms with E-state index in [9.17, 15) is 0 Å². The van der Waals surface area contributed by atoms with E-state index in [0.29, 0.717) is 6.04 Å². The average Bonchev–Trinajstić information content (AvgIpc) is 3.10. The number of rotatable bonds is 5. The minimum Gasteiger partial charge on any atom is -0.497 e. The van der Waals surface area contributed by atoms with Crippen LogP contribution in [0.25, 0.3) is 0 Å². The Morgan fingerprint density at radius 3 is 2.45 bits per heavy atom. The minimum absolute atomic E-state index is 0.477. The predicted molar refractivity (Wildman–Crippen MR) is 88.7 cm³/mol. The van der Waals surface area contributed by atoms with Crippen LogP contribution in [0, 0.1) is 5.92 Å². The summed E-state index contributed by atoms with van der Waals surface area (Å²) in [5.41, 5.74) is 1.33. The van der Waals surface area contributed by atoms with E-state index in [1.54, 1.807) is 14.2 Å². The first-order valence-corrected chi connectivity index (χ1v) is 8.50. The van der Waals surface area contributed by atoms with Gasteiger partial charge in [-0.3, -0.25) is 4.90 Å². The van der Waals surface area contributed by atoms with Gasteiger partial charge in [0.15, 0.2) is 0 Å². The van der Waals surface area contributed by atoms with Crippen LogP contribution in [0.3, 0.4) is 0 Å². The number of nitrogens with one attached hydrogen (secondary N) is 1. The molecule has 0 bridgehead atoms. The van der Waals surface area contributed by atoms with E-state index in [1.807, 2.05) is 6.07 Å². The number of methoxy groups -OCH3 is 2. The third-order valence-corrected chi connectivity index (χ3v) is 5.15. The highest BCUT2D eigenvalue weighted by Gasteiger charge is 2.33. The zero-order valence-corrected chi connectivity index (χ0v) is 13.8. The first-order valence-electron chi connectivity index (χ1n) is 8.50. The van der Waals surface area contributed by atoms with Gasteiger partial charge in [0.25, 0.3) is 0 Å². The van der Waals surface area contributed by atoms with Gasteiger partial charge in [0.1, 0.15) is 11.5 Å². The van der Waals surface area contributed by atoms with Crippen molar-refractivity contribution >= 4 is 0 Å². The van der Waals surface area contributed by atoms with Crippen LogP contribution in [0.2, 0.25) is 0 Å². The van der Waals surface area contributed by atoms with Crippen LogP contribution in [0.15, 0.2) is 18.2 Å². The number of piperazine rings is 1. The summed E-state index contributed by atoms with van der Waals surface area (Å²) in [6, 6.07) is 6.79. The third-order valence-electron chi connectivity index (χ3n) is 5.15. The zero-order valence-electron chi connectivity index (χ0n) is 13.8. The molecule has 122 valence electrons. The molecule has 4 nitrogen and oxygen atoms in total. The lowest BCUT2D eigenvalue weighted by Crippen LogP contribution is -2.46. The molecule has 1 N–H and O–H groups in total. The lowest BCUT2D eigenvalue weighted by molar-refractivity contribution is 0.123.